The van der Waals surface area contributed by atoms with Gasteiger partial charge < -0.3 is 14.8 Å². The largest absolute Gasteiger partial charge is 0.497 e. The third kappa shape index (κ3) is 6.08. The Kier molecular flexibility index (Phi) is 7.22. The monoisotopic (exact) mass is 358 g/mol. The molecule has 1 amide bonds. The van der Waals surface area contributed by atoms with Gasteiger partial charge >= 0.3 is 0 Å². The molecular weight excluding hydrogens is 336 g/mol. The molecule has 0 radical (unpaired) electrons. The van der Waals surface area contributed by atoms with Crippen LogP contribution in [0.3, 0.4) is 0 Å². The van der Waals surface area contributed by atoms with E-state index in [4.69, 9.17) is 21.7 Å². The van der Waals surface area contributed by atoms with Gasteiger partial charge in [0.2, 0.25) is 0 Å². The Balaban J connectivity index is 1.85. The average molecular weight is 358 g/mol. The molecule has 2 rings (SSSR count). The fourth-order valence-electron chi connectivity index (χ4n) is 2.09. The summed E-state index contributed by atoms with van der Waals surface area (Å²) in [5.74, 6) is 1.20. The molecule has 0 aliphatic rings. The number of thiocarbonyl (C=S) groups is 1. The highest BCUT2D eigenvalue weighted by atomic mass is 32.1. The molecule has 0 bridgehead atoms. The molecule has 0 fully saturated rings. The van der Waals surface area contributed by atoms with Gasteiger partial charge in [0, 0.05) is 12.1 Å². The lowest BCUT2D eigenvalue weighted by Gasteiger charge is -2.11. The molecule has 0 saturated carbocycles. The molecule has 0 aromatic heterocycles. The van der Waals surface area contributed by atoms with Crippen molar-refractivity contribution in [2.75, 3.05) is 13.7 Å². The Morgan fingerprint density at radius 1 is 1.12 bits per heavy atom. The number of nitrogens with one attached hydrogen (secondary N) is 2. The molecule has 132 valence electrons. The smallest absolute Gasteiger partial charge is 0.257 e. The van der Waals surface area contributed by atoms with Crippen LogP contribution in [0.2, 0.25) is 0 Å². The number of rotatable bonds is 7. The second-order valence-corrected chi connectivity index (χ2v) is 5.77. The van der Waals surface area contributed by atoms with Crippen LogP contribution in [0.1, 0.15) is 29.3 Å². The molecular formula is C19H22N2O3S. The second-order valence-electron chi connectivity index (χ2n) is 5.36. The number of hydrogen-bond donors (Lipinski definition) is 2. The summed E-state index contributed by atoms with van der Waals surface area (Å²) in [5.41, 5.74) is 1.54. The average Bonchev–Trinajstić information content (AvgIpc) is 2.65. The first-order chi connectivity index (χ1) is 12.1. The summed E-state index contributed by atoms with van der Waals surface area (Å²) in [5, 5.41) is 5.97. The van der Waals surface area contributed by atoms with E-state index in [1.807, 2.05) is 37.3 Å². The lowest BCUT2D eigenvalue weighted by atomic mass is 10.2. The van der Waals surface area contributed by atoms with Crippen molar-refractivity contribution >= 4 is 23.2 Å². The molecule has 6 heteroatoms. The summed E-state index contributed by atoms with van der Waals surface area (Å²) in [6.45, 7) is 3.17. The number of carbonyl (C=O) groups excluding carboxylic acids is 1. The van der Waals surface area contributed by atoms with Crippen LogP contribution in [0.15, 0.2) is 48.5 Å². The summed E-state index contributed by atoms with van der Waals surface area (Å²) in [7, 11) is 1.63. The maximum Gasteiger partial charge on any atom is 0.257 e. The van der Waals surface area contributed by atoms with E-state index in [1.165, 1.54) is 0 Å². The maximum absolute atomic E-state index is 12.3. The first kappa shape index (κ1) is 18.7. The summed E-state index contributed by atoms with van der Waals surface area (Å²) in [6, 6.07) is 14.7. The predicted octanol–water partition coefficient (Wildman–Crippen LogP) is 3.29. The van der Waals surface area contributed by atoms with Gasteiger partial charge in [-0.15, -0.1) is 0 Å². The number of carbonyl (C=O) groups is 1. The molecule has 0 aliphatic heterocycles. The van der Waals surface area contributed by atoms with Crippen molar-refractivity contribution in [1.82, 2.24) is 10.6 Å². The van der Waals surface area contributed by atoms with Crippen molar-refractivity contribution in [3.05, 3.63) is 59.7 Å². The number of methoxy groups -OCH3 is 1. The lowest BCUT2D eigenvalue weighted by Crippen LogP contribution is -2.38. The zero-order valence-electron chi connectivity index (χ0n) is 14.4. The van der Waals surface area contributed by atoms with Gasteiger partial charge in [-0.05, 0) is 54.5 Å². The summed E-state index contributed by atoms with van der Waals surface area (Å²) >= 11 is 5.18. The van der Waals surface area contributed by atoms with E-state index in [2.05, 4.69) is 10.6 Å². The Morgan fingerprint density at radius 2 is 1.88 bits per heavy atom. The van der Waals surface area contributed by atoms with Crippen molar-refractivity contribution in [2.45, 2.75) is 19.9 Å². The first-order valence-electron chi connectivity index (χ1n) is 8.07. The van der Waals surface area contributed by atoms with Crippen molar-refractivity contribution in [1.29, 1.82) is 0 Å². The van der Waals surface area contributed by atoms with Crippen LogP contribution in [0, 0.1) is 0 Å². The fraction of sp³-hybridized carbons (Fsp3) is 0.263. The van der Waals surface area contributed by atoms with E-state index in [0.717, 1.165) is 17.7 Å². The van der Waals surface area contributed by atoms with Crippen LogP contribution in [-0.4, -0.2) is 24.7 Å². The van der Waals surface area contributed by atoms with Gasteiger partial charge in [0.15, 0.2) is 5.11 Å². The molecule has 0 unspecified atom stereocenters. The Bertz CT molecular complexity index is 717. The minimum absolute atomic E-state index is 0.269. The van der Waals surface area contributed by atoms with Crippen LogP contribution in [0.5, 0.6) is 11.5 Å². The molecule has 0 aliphatic carbocycles. The maximum atomic E-state index is 12.3. The number of amides is 1. The van der Waals surface area contributed by atoms with Gasteiger partial charge in [-0.25, -0.2) is 0 Å². The predicted molar refractivity (Wildman–Crippen MR) is 102 cm³/mol. The third-order valence-electron chi connectivity index (χ3n) is 3.41. The molecule has 0 atom stereocenters. The number of ether oxygens (including phenoxy) is 2. The van der Waals surface area contributed by atoms with E-state index in [9.17, 15) is 4.79 Å². The minimum atomic E-state index is -0.269. The highest BCUT2D eigenvalue weighted by Gasteiger charge is 2.09. The topological polar surface area (TPSA) is 59.6 Å². The second kappa shape index (κ2) is 9.64. The summed E-state index contributed by atoms with van der Waals surface area (Å²) in [6.07, 6.45) is 0.912. The highest BCUT2D eigenvalue weighted by molar-refractivity contribution is 7.80. The molecule has 2 aromatic carbocycles. The molecule has 25 heavy (non-hydrogen) atoms. The van der Waals surface area contributed by atoms with E-state index < -0.39 is 0 Å². The first-order valence-corrected chi connectivity index (χ1v) is 8.48. The Labute approximate surface area is 153 Å². The Hall–Kier alpha value is -2.60. The van der Waals surface area contributed by atoms with Gasteiger partial charge in [0.25, 0.3) is 5.91 Å². The third-order valence-corrected chi connectivity index (χ3v) is 3.65. The molecule has 2 N–H and O–H groups in total. The van der Waals surface area contributed by atoms with E-state index in [1.54, 1.807) is 25.3 Å². The van der Waals surface area contributed by atoms with Crippen molar-refractivity contribution in [3.8, 4) is 11.5 Å². The molecule has 5 nitrogen and oxygen atoms in total. The zero-order valence-corrected chi connectivity index (χ0v) is 15.2. The summed E-state index contributed by atoms with van der Waals surface area (Å²) < 4.78 is 10.7. The van der Waals surface area contributed by atoms with Crippen LogP contribution < -0.4 is 20.1 Å². The number of benzene rings is 2. The van der Waals surface area contributed by atoms with Crippen LogP contribution in [0.25, 0.3) is 0 Å². The van der Waals surface area contributed by atoms with Gasteiger partial charge in [-0.2, -0.15) is 0 Å². The highest BCUT2D eigenvalue weighted by Crippen LogP contribution is 2.14. The minimum Gasteiger partial charge on any atom is -0.497 e. The standard InChI is InChI=1S/C19H22N2O3S/c1-3-11-24-17-6-4-5-15(12-17)18(22)21-19(25)20-13-14-7-9-16(23-2)10-8-14/h4-10,12H,3,11,13H2,1-2H3,(H2,20,21,22,25). The van der Waals surface area contributed by atoms with E-state index in [-0.39, 0.29) is 11.0 Å². The molecule has 2 aromatic rings. The Morgan fingerprint density at radius 3 is 2.56 bits per heavy atom. The fourth-order valence-corrected chi connectivity index (χ4v) is 2.26. The van der Waals surface area contributed by atoms with Gasteiger partial charge in [-0.1, -0.05) is 25.1 Å². The summed E-state index contributed by atoms with van der Waals surface area (Å²) in [4.78, 5) is 12.3. The van der Waals surface area contributed by atoms with Crippen LogP contribution in [-0.2, 0) is 6.54 Å². The van der Waals surface area contributed by atoms with Gasteiger partial charge in [-0.3, -0.25) is 10.1 Å². The van der Waals surface area contributed by atoms with Crippen molar-refractivity contribution in [2.24, 2.45) is 0 Å². The zero-order chi connectivity index (χ0) is 18.1. The molecule has 0 saturated heterocycles. The number of hydrogen-bond acceptors (Lipinski definition) is 4. The normalized spacial score (nSPS) is 10.0. The van der Waals surface area contributed by atoms with Gasteiger partial charge in [0.1, 0.15) is 11.5 Å². The van der Waals surface area contributed by atoms with E-state index in [0.29, 0.717) is 24.5 Å². The van der Waals surface area contributed by atoms with Crippen LogP contribution in [0.4, 0.5) is 0 Å². The molecule has 0 spiro atoms. The van der Waals surface area contributed by atoms with Crippen molar-refractivity contribution < 1.29 is 14.3 Å². The molecule has 0 heterocycles. The van der Waals surface area contributed by atoms with Gasteiger partial charge in [0.05, 0.1) is 13.7 Å². The quantitative estimate of drug-likeness (QED) is 0.744. The SMILES string of the molecule is CCCOc1cccc(C(=O)NC(=S)NCc2ccc(OC)cc2)c1. The van der Waals surface area contributed by atoms with E-state index >= 15 is 0 Å². The lowest BCUT2D eigenvalue weighted by molar-refractivity contribution is 0.0976. The van der Waals surface area contributed by atoms with Crippen molar-refractivity contribution in [3.63, 3.8) is 0 Å². The van der Waals surface area contributed by atoms with Crippen LogP contribution >= 0.6 is 12.2 Å².